The zero-order valence-corrected chi connectivity index (χ0v) is 10.3. The molecule has 0 aliphatic carbocycles. The summed E-state index contributed by atoms with van der Waals surface area (Å²) < 4.78 is 0. The van der Waals surface area contributed by atoms with Gasteiger partial charge in [-0.25, -0.2) is 4.79 Å². The third-order valence-electron chi connectivity index (χ3n) is 2.98. The molecule has 1 N–H and O–H groups in total. The zero-order valence-electron chi connectivity index (χ0n) is 9.56. The van der Waals surface area contributed by atoms with Gasteiger partial charge in [0, 0.05) is 24.2 Å². The summed E-state index contributed by atoms with van der Waals surface area (Å²) in [7, 11) is 0. The summed E-state index contributed by atoms with van der Waals surface area (Å²) in [5.74, 6) is -0.788. The Bertz CT molecular complexity index is 470. The fourth-order valence-electron chi connectivity index (χ4n) is 2.17. The van der Waals surface area contributed by atoms with E-state index < -0.39 is 12.0 Å². The number of anilines is 1. The zero-order chi connectivity index (χ0) is 12.4. The van der Waals surface area contributed by atoms with Crippen molar-refractivity contribution < 1.29 is 9.90 Å². The first-order valence-corrected chi connectivity index (χ1v) is 5.90. The molecule has 0 aromatic heterocycles. The van der Waals surface area contributed by atoms with Crippen LogP contribution in [0.5, 0.6) is 0 Å². The minimum Gasteiger partial charge on any atom is -0.480 e. The van der Waals surface area contributed by atoms with Crippen molar-refractivity contribution in [1.29, 1.82) is 0 Å². The summed E-state index contributed by atoms with van der Waals surface area (Å²) in [6.07, 6.45) is 0.557. The van der Waals surface area contributed by atoms with Crippen LogP contribution in [-0.4, -0.2) is 23.7 Å². The van der Waals surface area contributed by atoms with E-state index in [0.29, 0.717) is 13.0 Å². The number of carboxylic acid groups (broad SMARTS) is 1. The minimum atomic E-state index is -0.788. The number of carboxylic acids is 1. The Balaban J connectivity index is 2.33. The van der Waals surface area contributed by atoms with Gasteiger partial charge in [0.15, 0.2) is 0 Å². The molecule has 0 saturated heterocycles. The van der Waals surface area contributed by atoms with E-state index in [1.165, 1.54) is 5.54 Å². The van der Waals surface area contributed by atoms with Crippen LogP contribution in [0.2, 0.25) is 0 Å². The van der Waals surface area contributed by atoms with Crippen LogP contribution in [0.4, 0.5) is 5.69 Å². The molecule has 4 heteroatoms. The number of rotatable bonds is 3. The summed E-state index contributed by atoms with van der Waals surface area (Å²) >= 11 is 5.65. The highest BCUT2D eigenvalue weighted by Crippen LogP contribution is 2.32. The topological polar surface area (TPSA) is 40.5 Å². The molecule has 1 aromatic rings. The van der Waals surface area contributed by atoms with E-state index >= 15 is 0 Å². The molecule has 90 valence electrons. The molecule has 0 fully saturated rings. The molecular weight excluding hydrogens is 238 g/mol. The lowest BCUT2D eigenvalue weighted by molar-refractivity contribution is -0.138. The Kier molecular flexibility index (Phi) is 3.38. The predicted octanol–water partition coefficient (Wildman–Crippen LogP) is 2.64. The van der Waals surface area contributed by atoms with Crippen molar-refractivity contribution in [3.63, 3.8) is 0 Å². The van der Waals surface area contributed by atoms with Crippen LogP contribution in [-0.2, 0) is 11.2 Å². The average Bonchev–Trinajstić information content (AvgIpc) is 2.68. The minimum absolute atomic E-state index is 0.487. The Morgan fingerprint density at radius 3 is 2.94 bits per heavy atom. The molecule has 1 aliphatic rings. The number of benzene rings is 1. The molecule has 0 spiro atoms. The molecule has 1 aromatic carbocycles. The van der Waals surface area contributed by atoms with Gasteiger partial charge in [-0.05, 0) is 24.1 Å². The molecule has 0 radical (unpaired) electrons. The van der Waals surface area contributed by atoms with Crippen LogP contribution in [0.25, 0.3) is 0 Å². The second-order valence-electron chi connectivity index (χ2n) is 4.27. The van der Waals surface area contributed by atoms with Crippen molar-refractivity contribution >= 4 is 23.3 Å². The molecule has 0 saturated carbocycles. The van der Waals surface area contributed by atoms with Crippen molar-refractivity contribution in [2.75, 3.05) is 11.4 Å². The molecule has 0 bridgehead atoms. The van der Waals surface area contributed by atoms with Gasteiger partial charge in [0.2, 0.25) is 0 Å². The number of aliphatic carboxylic acids is 1. The highest BCUT2D eigenvalue weighted by atomic mass is 35.5. The Morgan fingerprint density at radius 1 is 1.59 bits per heavy atom. The molecule has 17 heavy (non-hydrogen) atoms. The monoisotopic (exact) mass is 251 g/mol. The van der Waals surface area contributed by atoms with Crippen LogP contribution < -0.4 is 4.90 Å². The van der Waals surface area contributed by atoms with Gasteiger partial charge in [-0.3, -0.25) is 0 Å². The highest BCUT2D eigenvalue weighted by Gasteiger charge is 2.33. The third kappa shape index (κ3) is 2.29. The van der Waals surface area contributed by atoms with Gasteiger partial charge < -0.3 is 10.0 Å². The van der Waals surface area contributed by atoms with Crippen LogP contribution in [0.1, 0.15) is 12.5 Å². The number of hydrogen-bond donors (Lipinski definition) is 1. The third-order valence-corrected chi connectivity index (χ3v) is 3.35. The van der Waals surface area contributed by atoms with Crippen LogP contribution >= 0.6 is 11.6 Å². The SMILES string of the molecule is C/C(=C/Cl)CN1c2ccccc2CC1C(=O)O. The number of para-hydroxylation sites is 1. The fourth-order valence-corrected chi connectivity index (χ4v) is 2.24. The maximum absolute atomic E-state index is 11.3. The first-order chi connectivity index (χ1) is 8.13. The van der Waals surface area contributed by atoms with Crippen molar-refractivity contribution in [2.45, 2.75) is 19.4 Å². The number of nitrogens with zero attached hydrogens (tertiary/aromatic N) is 1. The molecule has 1 unspecified atom stereocenters. The molecule has 2 rings (SSSR count). The van der Waals surface area contributed by atoms with Gasteiger partial charge in [0.05, 0.1) is 0 Å². The average molecular weight is 252 g/mol. The number of halogens is 1. The second-order valence-corrected chi connectivity index (χ2v) is 4.49. The number of carbonyl (C=O) groups is 1. The molecule has 1 atom stereocenters. The summed E-state index contributed by atoms with van der Waals surface area (Å²) in [5, 5.41) is 9.25. The van der Waals surface area contributed by atoms with E-state index in [-0.39, 0.29) is 0 Å². The molecular formula is C13H14ClNO2. The van der Waals surface area contributed by atoms with E-state index in [9.17, 15) is 9.90 Å². The van der Waals surface area contributed by atoms with Gasteiger partial charge in [-0.15, -0.1) is 0 Å². The standard InChI is InChI=1S/C13H14ClNO2/c1-9(7-14)8-15-11-5-3-2-4-10(11)6-12(15)13(16)17/h2-5,7,12H,6,8H2,1H3,(H,16,17)/b9-7-. The lowest BCUT2D eigenvalue weighted by Crippen LogP contribution is -2.39. The van der Waals surface area contributed by atoms with Gasteiger partial charge in [0.25, 0.3) is 0 Å². The van der Waals surface area contributed by atoms with E-state index in [1.807, 2.05) is 36.1 Å². The highest BCUT2D eigenvalue weighted by molar-refractivity contribution is 6.25. The van der Waals surface area contributed by atoms with E-state index in [4.69, 9.17) is 11.6 Å². The molecule has 1 aliphatic heterocycles. The first-order valence-electron chi connectivity index (χ1n) is 5.46. The van der Waals surface area contributed by atoms with Crippen LogP contribution in [0, 0.1) is 0 Å². The van der Waals surface area contributed by atoms with Gasteiger partial charge in [0.1, 0.15) is 6.04 Å². The van der Waals surface area contributed by atoms with Crippen molar-refractivity contribution in [1.82, 2.24) is 0 Å². The fraction of sp³-hybridized carbons (Fsp3) is 0.308. The largest absolute Gasteiger partial charge is 0.480 e. The predicted molar refractivity (Wildman–Crippen MR) is 68.5 cm³/mol. The van der Waals surface area contributed by atoms with Crippen molar-refractivity contribution in [3.05, 3.63) is 40.9 Å². The Labute approximate surface area is 105 Å². The molecule has 3 nitrogen and oxygen atoms in total. The lowest BCUT2D eigenvalue weighted by Gasteiger charge is -2.24. The number of fused-ring (bicyclic) bond motifs is 1. The van der Waals surface area contributed by atoms with Gasteiger partial charge in [-0.2, -0.15) is 0 Å². The van der Waals surface area contributed by atoms with Crippen LogP contribution in [0.3, 0.4) is 0 Å². The van der Waals surface area contributed by atoms with E-state index in [0.717, 1.165) is 16.8 Å². The first kappa shape index (κ1) is 12.0. The van der Waals surface area contributed by atoms with Crippen molar-refractivity contribution in [3.8, 4) is 0 Å². The second kappa shape index (κ2) is 4.80. The van der Waals surface area contributed by atoms with Crippen molar-refractivity contribution in [2.24, 2.45) is 0 Å². The summed E-state index contributed by atoms with van der Waals surface area (Å²) in [6, 6.07) is 7.31. The van der Waals surface area contributed by atoms with E-state index in [2.05, 4.69) is 0 Å². The maximum Gasteiger partial charge on any atom is 0.326 e. The lowest BCUT2D eigenvalue weighted by atomic mass is 10.1. The Morgan fingerprint density at radius 2 is 2.29 bits per heavy atom. The normalized spacial score (nSPS) is 19.3. The van der Waals surface area contributed by atoms with Crippen LogP contribution in [0.15, 0.2) is 35.4 Å². The quantitative estimate of drug-likeness (QED) is 0.898. The summed E-state index contributed by atoms with van der Waals surface area (Å²) in [6.45, 7) is 2.45. The van der Waals surface area contributed by atoms with E-state index in [1.54, 1.807) is 0 Å². The molecule has 0 amide bonds. The van der Waals surface area contributed by atoms with Gasteiger partial charge >= 0.3 is 5.97 Å². The smallest absolute Gasteiger partial charge is 0.326 e. The van der Waals surface area contributed by atoms with Gasteiger partial charge in [-0.1, -0.05) is 29.8 Å². The Hall–Kier alpha value is -1.48. The number of hydrogen-bond acceptors (Lipinski definition) is 2. The summed E-state index contributed by atoms with van der Waals surface area (Å²) in [5.41, 5.74) is 4.54. The molecule has 1 heterocycles. The maximum atomic E-state index is 11.3. The summed E-state index contributed by atoms with van der Waals surface area (Å²) in [4.78, 5) is 13.2.